The molecular weight excluding hydrogens is 168 g/mol. The summed E-state index contributed by atoms with van der Waals surface area (Å²) < 4.78 is 4.98. The predicted octanol–water partition coefficient (Wildman–Crippen LogP) is 0.778. The zero-order valence-corrected chi connectivity index (χ0v) is 7.82. The van der Waals surface area contributed by atoms with Crippen molar-refractivity contribution in [1.82, 2.24) is 5.32 Å². The topological polar surface area (TPSA) is 64.3 Å². The lowest BCUT2D eigenvalue weighted by molar-refractivity contribution is 0.0789. The van der Waals surface area contributed by atoms with Crippen molar-refractivity contribution >= 4 is 6.09 Å². The summed E-state index contributed by atoms with van der Waals surface area (Å²) in [6, 6.07) is 0.211. The van der Waals surface area contributed by atoms with Gasteiger partial charge in [-0.05, 0) is 12.8 Å². The van der Waals surface area contributed by atoms with Crippen molar-refractivity contribution in [2.45, 2.75) is 31.9 Å². The second-order valence-corrected chi connectivity index (χ2v) is 3.11. The van der Waals surface area contributed by atoms with Crippen molar-refractivity contribution in [3.05, 3.63) is 12.2 Å². The Morgan fingerprint density at radius 1 is 1.77 bits per heavy atom. The molecule has 4 heteroatoms. The van der Waals surface area contributed by atoms with Gasteiger partial charge in [-0.25, -0.2) is 4.79 Å². The molecule has 0 aromatic rings. The molecule has 13 heavy (non-hydrogen) atoms. The minimum absolute atomic E-state index is 0.109. The maximum absolute atomic E-state index is 10.6. The highest BCUT2D eigenvalue weighted by atomic mass is 16.6. The van der Waals surface area contributed by atoms with Gasteiger partial charge in [0.05, 0.1) is 0 Å². The summed E-state index contributed by atoms with van der Waals surface area (Å²) >= 11 is 0. The summed E-state index contributed by atoms with van der Waals surface area (Å²) in [4.78, 5) is 10.6. The van der Waals surface area contributed by atoms with Gasteiger partial charge in [0.15, 0.2) is 0 Å². The van der Waals surface area contributed by atoms with Gasteiger partial charge in [0.1, 0.15) is 6.10 Å². The predicted molar refractivity (Wildman–Crippen MR) is 50.3 cm³/mol. The van der Waals surface area contributed by atoms with Crippen LogP contribution in [0.15, 0.2) is 12.2 Å². The van der Waals surface area contributed by atoms with E-state index in [2.05, 4.69) is 17.5 Å². The van der Waals surface area contributed by atoms with Crippen LogP contribution in [-0.4, -0.2) is 24.8 Å². The lowest BCUT2D eigenvalue weighted by atomic mass is 10.0. The number of hydrogen-bond acceptors (Lipinski definition) is 3. The Morgan fingerprint density at radius 3 is 3.00 bits per heavy atom. The number of carbonyl (C=O) groups is 1. The maximum atomic E-state index is 10.6. The van der Waals surface area contributed by atoms with Gasteiger partial charge in [-0.3, -0.25) is 0 Å². The Labute approximate surface area is 78.1 Å². The average molecular weight is 184 g/mol. The molecule has 74 valence electrons. The van der Waals surface area contributed by atoms with Gasteiger partial charge in [-0.1, -0.05) is 19.1 Å². The normalized spacial score (nSPS) is 23.9. The monoisotopic (exact) mass is 184 g/mol. The third-order valence-electron chi connectivity index (χ3n) is 2.17. The standard InChI is InChI=1S/C9H16N2O2/c1-2-8(13-9(10)12)7-5-3-4-6-11-7/h3-4,7-8,11H,2,5-6H2,1H3,(H2,10,12). The van der Waals surface area contributed by atoms with Crippen molar-refractivity contribution in [1.29, 1.82) is 0 Å². The molecule has 0 saturated heterocycles. The Bertz CT molecular complexity index is 204. The van der Waals surface area contributed by atoms with Crippen LogP contribution in [0, 0.1) is 0 Å². The van der Waals surface area contributed by atoms with Gasteiger partial charge in [0.25, 0.3) is 0 Å². The molecule has 2 atom stereocenters. The van der Waals surface area contributed by atoms with E-state index in [-0.39, 0.29) is 12.1 Å². The number of nitrogens with two attached hydrogens (primary N) is 1. The van der Waals surface area contributed by atoms with Crippen LogP contribution in [0.4, 0.5) is 4.79 Å². The van der Waals surface area contributed by atoms with Crippen LogP contribution in [0.2, 0.25) is 0 Å². The molecule has 1 rings (SSSR count). The van der Waals surface area contributed by atoms with E-state index in [4.69, 9.17) is 10.5 Å². The van der Waals surface area contributed by atoms with E-state index in [1.807, 2.05) is 6.92 Å². The molecule has 1 heterocycles. The minimum atomic E-state index is -0.691. The van der Waals surface area contributed by atoms with Crippen LogP contribution >= 0.6 is 0 Å². The highest BCUT2D eigenvalue weighted by Crippen LogP contribution is 2.11. The first-order valence-corrected chi connectivity index (χ1v) is 4.58. The molecule has 0 aliphatic carbocycles. The Morgan fingerprint density at radius 2 is 2.54 bits per heavy atom. The van der Waals surface area contributed by atoms with Crippen LogP contribution in [0.1, 0.15) is 19.8 Å². The van der Waals surface area contributed by atoms with E-state index in [0.29, 0.717) is 0 Å². The van der Waals surface area contributed by atoms with Crippen molar-refractivity contribution in [2.75, 3.05) is 6.54 Å². The highest BCUT2D eigenvalue weighted by Gasteiger charge is 2.22. The lowest BCUT2D eigenvalue weighted by Crippen LogP contribution is -2.44. The van der Waals surface area contributed by atoms with Crippen LogP contribution in [0.5, 0.6) is 0 Å². The second-order valence-electron chi connectivity index (χ2n) is 3.11. The molecule has 0 fully saturated rings. The van der Waals surface area contributed by atoms with Gasteiger partial charge >= 0.3 is 6.09 Å². The molecule has 0 radical (unpaired) electrons. The summed E-state index contributed by atoms with van der Waals surface area (Å²) in [5, 5.41) is 3.26. The van der Waals surface area contributed by atoms with Gasteiger partial charge in [-0.15, -0.1) is 0 Å². The van der Waals surface area contributed by atoms with E-state index in [1.165, 1.54) is 0 Å². The summed E-state index contributed by atoms with van der Waals surface area (Å²) in [5.41, 5.74) is 4.97. The Balaban J connectivity index is 2.45. The number of hydrogen-bond donors (Lipinski definition) is 2. The molecule has 1 aliphatic rings. The average Bonchev–Trinajstić information content (AvgIpc) is 2.15. The molecule has 2 unspecified atom stereocenters. The third kappa shape index (κ3) is 3.06. The molecule has 0 saturated carbocycles. The fourth-order valence-corrected chi connectivity index (χ4v) is 1.51. The Kier molecular flexibility index (Phi) is 3.76. The molecule has 0 bridgehead atoms. The fourth-order valence-electron chi connectivity index (χ4n) is 1.51. The summed E-state index contributed by atoms with van der Waals surface area (Å²) in [7, 11) is 0. The number of carbonyl (C=O) groups excluding carboxylic acids is 1. The first-order valence-electron chi connectivity index (χ1n) is 4.58. The van der Waals surface area contributed by atoms with Crippen LogP contribution < -0.4 is 11.1 Å². The molecule has 4 nitrogen and oxygen atoms in total. The largest absolute Gasteiger partial charge is 0.445 e. The van der Waals surface area contributed by atoms with Crippen LogP contribution in [0.3, 0.4) is 0 Å². The fraction of sp³-hybridized carbons (Fsp3) is 0.667. The summed E-state index contributed by atoms with van der Waals surface area (Å²) in [6.07, 6.45) is 5.03. The van der Waals surface area contributed by atoms with Gasteiger partial charge in [0, 0.05) is 12.6 Å². The van der Waals surface area contributed by atoms with Crippen LogP contribution in [0.25, 0.3) is 0 Å². The second kappa shape index (κ2) is 4.87. The SMILES string of the molecule is CCC(OC(N)=O)C1CC=CCN1. The van der Waals surface area contributed by atoms with Crippen molar-refractivity contribution in [2.24, 2.45) is 5.73 Å². The zero-order valence-electron chi connectivity index (χ0n) is 7.82. The maximum Gasteiger partial charge on any atom is 0.404 e. The summed E-state index contributed by atoms with van der Waals surface area (Å²) in [5.74, 6) is 0. The zero-order chi connectivity index (χ0) is 9.68. The molecule has 3 N–H and O–H groups in total. The molecular formula is C9H16N2O2. The molecule has 1 amide bonds. The minimum Gasteiger partial charge on any atom is -0.445 e. The number of nitrogens with one attached hydrogen (secondary N) is 1. The molecule has 0 aromatic carbocycles. The van der Waals surface area contributed by atoms with Gasteiger partial charge in [0.2, 0.25) is 0 Å². The van der Waals surface area contributed by atoms with E-state index >= 15 is 0 Å². The molecule has 1 aliphatic heterocycles. The van der Waals surface area contributed by atoms with E-state index < -0.39 is 6.09 Å². The van der Waals surface area contributed by atoms with Gasteiger partial charge in [-0.2, -0.15) is 0 Å². The van der Waals surface area contributed by atoms with E-state index in [9.17, 15) is 4.79 Å². The number of ether oxygens (including phenoxy) is 1. The van der Waals surface area contributed by atoms with Crippen LogP contribution in [-0.2, 0) is 4.74 Å². The molecule has 0 spiro atoms. The molecule has 0 aromatic heterocycles. The lowest BCUT2D eigenvalue weighted by Gasteiger charge is -2.27. The Hall–Kier alpha value is -1.03. The smallest absolute Gasteiger partial charge is 0.404 e. The van der Waals surface area contributed by atoms with Crippen molar-refractivity contribution in [3.8, 4) is 0 Å². The first-order chi connectivity index (χ1) is 6.24. The first kappa shape index (κ1) is 10.1. The van der Waals surface area contributed by atoms with Crippen molar-refractivity contribution in [3.63, 3.8) is 0 Å². The van der Waals surface area contributed by atoms with Crippen molar-refractivity contribution < 1.29 is 9.53 Å². The quantitative estimate of drug-likeness (QED) is 0.637. The number of rotatable bonds is 3. The third-order valence-corrected chi connectivity index (χ3v) is 2.17. The number of amides is 1. The van der Waals surface area contributed by atoms with E-state index in [0.717, 1.165) is 19.4 Å². The number of primary amides is 1. The van der Waals surface area contributed by atoms with Gasteiger partial charge < -0.3 is 15.8 Å². The summed E-state index contributed by atoms with van der Waals surface area (Å²) in [6.45, 7) is 2.82. The van der Waals surface area contributed by atoms with E-state index in [1.54, 1.807) is 0 Å². The highest BCUT2D eigenvalue weighted by molar-refractivity contribution is 5.64.